The summed E-state index contributed by atoms with van der Waals surface area (Å²) in [7, 11) is 0. The number of hydrazine groups is 1. The maximum atomic E-state index is 4.58. The summed E-state index contributed by atoms with van der Waals surface area (Å²) < 4.78 is 0. The van der Waals surface area contributed by atoms with E-state index in [4.69, 9.17) is 0 Å². The van der Waals surface area contributed by atoms with Crippen LogP contribution in [0, 0.1) is 0 Å². The van der Waals surface area contributed by atoms with E-state index < -0.39 is 0 Å². The van der Waals surface area contributed by atoms with Crippen molar-refractivity contribution in [2.75, 3.05) is 0 Å². The molecule has 0 aliphatic carbocycles. The minimum Gasteiger partial charge on any atom is -0.299 e. The van der Waals surface area contributed by atoms with Gasteiger partial charge in [-0.1, -0.05) is 18.7 Å². The molecule has 2 N–H and O–H groups in total. The first-order valence-corrected chi connectivity index (χ1v) is 4.73. The molecule has 1 saturated heterocycles. The third-order valence-corrected chi connectivity index (χ3v) is 4.11. The SMILES string of the molecule is CC[C@@]1(C)N=C2NNC1(C)S2. The minimum atomic E-state index is 0.0666. The smallest absolute Gasteiger partial charge is 0.173 e. The maximum Gasteiger partial charge on any atom is 0.173 e. The molecule has 0 aromatic carbocycles. The van der Waals surface area contributed by atoms with Gasteiger partial charge in [-0.25, -0.2) is 5.43 Å². The van der Waals surface area contributed by atoms with Crippen LogP contribution in [0.1, 0.15) is 27.2 Å². The summed E-state index contributed by atoms with van der Waals surface area (Å²) in [6, 6.07) is 0. The van der Waals surface area contributed by atoms with Crippen LogP contribution in [0.15, 0.2) is 4.99 Å². The molecule has 3 nitrogen and oxygen atoms in total. The van der Waals surface area contributed by atoms with E-state index in [0.717, 1.165) is 11.6 Å². The van der Waals surface area contributed by atoms with Crippen LogP contribution in [0.5, 0.6) is 0 Å². The molecule has 11 heavy (non-hydrogen) atoms. The van der Waals surface area contributed by atoms with E-state index in [1.165, 1.54) is 0 Å². The number of nitrogens with zero attached hydrogens (tertiary/aromatic N) is 1. The van der Waals surface area contributed by atoms with Gasteiger partial charge in [-0.2, -0.15) is 0 Å². The monoisotopic (exact) mass is 171 g/mol. The van der Waals surface area contributed by atoms with Crippen molar-refractivity contribution in [3.05, 3.63) is 0 Å². The minimum absolute atomic E-state index is 0.0666. The van der Waals surface area contributed by atoms with Gasteiger partial charge in [0.1, 0.15) is 4.87 Å². The molecule has 2 heterocycles. The molecular weight excluding hydrogens is 158 g/mol. The van der Waals surface area contributed by atoms with Gasteiger partial charge < -0.3 is 0 Å². The molecule has 2 atom stereocenters. The molecule has 2 rings (SSSR count). The van der Waals surface area contributed by atoms with Crippen molar-refractivity contribution >= 4 is 16.9 Å². The van der Waals surface area contributed by atoms with E-state index in [1.807, 2.05) is 0 Å². The summed E-state index contributed by atoms with van der Waals surface area (Å²) >= 11 is 1.79. The van der Waals surface area contributed by atoms with Gasteiger partial charge in [0.25, 0.3) is 0 Å². The van der Waals surface area contributed by atoms with E-state index in [9.17, 15) is 0 Å². The van der Waals surface area contributed by atoms with E-state index in [1.54, 1.807) is 11.8 Å². The normalized spacial score (nSPS) is 47.4. The average molecular weight is 171 g/mol. The van der Waals surface area contributed by atoms with Gasteiger partial charge >= 0.3 is 0 Å². The van der Waals surface area contributed by atoms with Crippen LogP contribution in [0.4, 0.5) is 0 Å². The number of nitrogens with one attached hydrogen (secondary N) is 2. The van der Waals surface area contributed by atoms with Gasteiger partial charge in [0.2, 0.25) is 0 Å². The Morgan fingerprint density at radius 1 is 1.55 bits per heavy atom. The number of aliphatic imine (C=N–C) groups is 1. The van der Waals surface area contributed by atoms with Crippen LogP contribution < -0.4 is 10.9 Å². The first kappa shape index (κ1) is 7.43. The number of hydrogen-bond acceptors (Lipinski definition) is 4. The van der Waals surface area contributed by atoms with Crippen LogP contribution in [-0.2, 0) is 0 Å². The van der Waals surface area contributed by atoms with Crippen LogP contribution in [0.2, 0.25) is 0 Å². The summed E-state index contributed by atoms with van der Waals surface area (Å²) in [6.45, 7) is 6.57. The quantitative estimate of drug-likeness (QED) is 0.620. The molecule has 2 aliphatic heterocycles. The first-order chi connectivity index (χ1) is 5.10. The Morgan fingerprint density at radius 2 is 2.27 bits per heavy atom. The topological polar surface area (TPSA) is 36.4 Å². The van der Waals surface area contributed by atoms with E-state index in [-0.39, 0.29) is 10.4 Å². The van der Waals surface area contributed by atoms with Crippen LogP contribution in [0.3, 0.4) is 0 Å². The van der Waals surface area contributed by atoms with Gasteiger partial charge in [-0.15, -0.1) is 0 Å². The van der Waals surface area contributed by atoms with Crippen molar-refractivity contribution in [2.45, 2.75) is 37.6 Å². The predicted molar refractivity (Wildman–Crippen MR) is 48.4 cm³/mol. The maximum absolute atomic E-state index is 4.58. The lowest BCUT2D eigenvalue weighted by Gasteiger charge is -2.36. The number of hydrogen-bond donors (Lipinski definition) is 2. The molecule has 0 aromatic heterocycles. The average Bonchev–Trinajstić information content (AvgIpc) is 2.42. The molecular formula is C7H13N3S. The molecule has 2 bridgehead atoms. The predicted octanol–water partition coefficient (Wildman–Crippen LogP) is 1.08. The molecule has 0 saturated carbocycles. The molecule has 2 aliphatic rings. The fraction of sp³-hybridized carbons (Fsp3) is 0.857. The zero-order valence-corrected chi connectivity index (χ0v) is 7.88. The Kier molecular flexibility index (Phi) is 1.30. The van der Waals surface area contributed by atoms with Gasteiger partial charge in [-0.3, -0.25) is 10.4 Å². The third kappa shape index (κ3) is 0.767. The molecule has 0 radical (unpaired) electrons. The highest BCUT2D eigenvalue weighted by Gasteiger charge is 2.54. The Bertz CT molecular complexity index is 228. The molecule has 0 spiro atoms. The van der Waals surface area contributed by atoms with Crippen LogP contribution >= 0.6 is 11.8 Å². The second-order valence-electron chi connectivity index (χ2n) is 3.43. The van der Waals surface area contributed by atoms with Crippen molar-refractivity contribution in [2.24, 2.45) is 4.99 Å². The second kappa shape index (κ2) is 1.93. The lowest BCUT2D eigenvalue weighted by molar-refractivity contribution is 0.282. The standard InChI is InChI=1S/C7H13N3S/c1-4-6(2)7(3)10-9-5(8-6)11-7/h10H,4H2,1-3H3,(H,8,9)/t6-,7?/m1/s1. The number of rotatable bonds is 1. The summed E-state index contributed by atoms with van der Waals surface area (Å²) in [5.41, 5.74) is 6.37. The Morgan fingerprint density at radius 3 is 2.55 bits per heavy atom. The Labute approximate surface area is 71.0 Å². The number of fused-ring (bicyclic) bond motifs is 2. The lowest BCUT2D eigenvalue weighted by Crippen LogP contribution is -2.57. The van der Waals surface area contributed by atoms with Gasteiger partial charge in [0.15, 0.2) is 5.17 Å². The van der Waals surface area contributed by atoms with Crippen LogP contribution in [-0.4, -0.2) is 15.6 Å². The van der Waals surface area contributed by atoms with Crippen LogP contribution in [0.25, 0.3) is 0 Å². The van der Waals surface area contributed by atoms with E-state index in [0.29, 0.717) is 0 Å². The number of amidine groups is 1. The van der Waals surface area contributed by atoms with E-state index in [2.05, 4.69) is 36.6 Å². The zero-order chi connectivity index (χ0) is 8.11. The highest BCUT2D eigenvalue weighted by Crippen LogP contribution is 2.46. The Balaban J connectivity index is 2.39. The van der Waals surface area contributed by atoms with Gasteiger partial charge in [0.05, 0.1) is 5.54 Å². The van der Waals surface area contributed by atoms with Crippen molar-refractivity contribution in [3.8, 4) is 0 Å². The van der Waals surface area contributed by atoms with Crippen molar-refractivity contribution in [3.63, 3.8) is 0 Å². The summed E-state index contributed by atoms with van der Waals surface area (Å²) in [5, 5.41) is 1.04. The van der Waals surface area contributed by atoms with Crippen molar-refractivity contribution in [1.82, 2.24) is 10.9 Å². The summed E-state index contributed by atoms with van der Waals surface area (Å²) in [5.74, 6) is 0. The highest BCUT2D eigenvalue weighted by atomic mass is 32.2. The fourth-order valence-electron chi connectivity index (χ4n) is 1.46. The Hall–Kier alpha value is -0.220. The second-order valence-corrected chi connectivity index (χ2v) is 4.84. The molecule has 1 fully saturated rings. The fourth-order valence-corrected chi connectivity index (χ4v) is 2.71. The van der Waals surface area contributed by atoms with Crippen molar-refractivity contribution < 1.29 is 0 Å². The summed E-state index contributed by atoms with van der Waals surface area (Å²) in [6.07, 6.45) is 1.08. The largest absolute Gasteiger partial charge is 0.299 e. The third-order valence-electron chi connectivity index (χ3n) is 2.77. The van der Waals surface area contributed by atoms with Gasteiger partial charge in [-0.05, 0) is 20.3 Å². The molecule has 62 valence electrons. The molecule has 0 amide bonds. The molecule has 0 aromatic rings. The number of thioether (sulfide) groups is 1. The summed E-state index contributed by atoms with van der Waals surface area (Å²) in [4.78, 5) is 4.65. The highest BCUT2D eigenvalue weighted by molar-refractivity contribution is 8.15. The van der Waals surface area contributed by atoms with E-state index >= 15 is 0 Å². The zero-order valence-electron chi connectivity index (χ0n) is 7.06. The van der Waals surface area contributed by atoms with Gasteiger partial charge in [0, 0.05) is 0 Å². The molecule has 4 heteroatoms. The van der Waals surface area contributed by atoms with Crippen molar-refractivity contribution in [1.29, 1.82) is 0 Å². The lowest BCUT2D eigenvalue weighted by atomic mass is 9.91. The molecule has 1 unspecified atom stereocenters. The first-order valence-electron chi connectivity index (χ1n) is 3.92.